The number of guanidine groups is 1. The fourth-order valence-electron chi connectivity index (χ4n) is 3.25. The Morgan fingerprint density at radius 1 is 1.26 bits per heavy atom. The Morgan fingerprint density at radius 3 is 2.74 bits per heavy atom. The fraction of sp³-hybridized carbons (Fsp3) is 0.333. The number of imidazole rings is 1. The molecule has 0 amide bonds. The smallest absolute Gasteiger partial charge is 0.194 e. The molecule has 1 aliphatic heterocycles. The molecule has 0 radical (unpaired) electrons. The number of aromatic nitrogens is 2. The van der Waals surface area contributed by atoms with Crippen molar-refractivity contribution >= 4 is 51.9 Å². The van der Waals surface area contributed by atoms with E-state index in [4.69, 9.17) is 0 Å². The van der Waals surface area contributed by atoms with Gasteiger partial charge in [0.1, 0.15) is 5.75 Å². The summed E-state index contributed by atoms with van der Waals surface area (Å²) in [6.07, 6.45) is 4.06. The van der Waals surface area contributed by atoms with Gasteiger partial charge in [-0.2, -0.15) is 0 Å². The zero-order valence-electron chi connectivity index (χ0n) is 15.1. The third-order valence-corrected chi connectivity index (χ3v) is 5.35. The number of anilines is 1. The van der Waals surface area contributed by atoms with Gasteiger partial charge in [0.25, 0.3) is 0 Å². The normalized spacial score (nSPS) is 15.1. The number of para-hydroxylation sites is 2. The lowest BCUT2D eigenvalue weighted by atomic mass is 10.2. The number of aliphatic imine (C=N–C) groups is 1. The van der Waals surface area contributed by atoms with E-state index in [0.717, 1.165) is 48.5 Å². The van der Waals surface area contributed by atoms with E-state index in [0.29, 0.717) is 12.3 Å². The van der Waals surface area contributed by atoms with Crippen molar-refractivity contribution in [3.8, 4) is 5.75 Å². The molecule has 3 aromatic rings. The number of hydrogen-bond acceptors (Lipinski definition) is 5. The number of hydrogen-bond donors (Lipinski definition) is 2. The second-order valence-corrected chi connectivity index (χ2v) is 7.06. The molecule has 1 saturated heterocycles. The van der Waals surface area contributed by atoms with E-state index in [9.17, 15) is 5.11 Å². The quantitative estimate of drug-likeness (QED) is 0.330. The van der Waals surface area contributed by atoms with Gasteiger partial charge in [-0.15, -0.1) is 35.3 Å². The van der Waals surface area contributed by atoms with E-state index < -0.39 is 0 Å². The number of rotatable bonds is 3. The maximum absolute atomic E-state index is 10.0. The number of piperazine rings is 1. The topological polar surface area (TPSA) is 68.4 Å². The highest BCUT2D eigenvalue weighted by Gasteiger charge is 2.21. The first-order valence-electron chi connectivity index (χ1n) is 8.64. The minimum absolute atomic E-state index is 0. The van der Waals surface area contributed by atoms with Crippen LogP contribution in [0.15, 0.2) is 47.0 Å². The lowest BCUT2D eigenvalue weighted by Gasteiger charge is -2.37. The molecule has 0 bridgehead atoms. The van der Waals surface area contributed by atoms with E-state index in [2.05, 4.69) is 25.1 Å². The number of nitrogens with one attached hydrogen (secondary N) is 1. The Kier molecular flexibility index (Phi) is 6.42. The van der Waals surface area contributed by atoms with Crippen LogP contribution in [0, 0.1) is 0 Å². The summed E-state index contributed by atoms with van der Waals surface area (Å²) in [6.45, 7) is 4.05. The molecule has 4 rings (SSSR count). The van der Waals surface area contributed by atoms with Crippen LogP contribution in [0.3, 0.4) is 0 Å². The van der Waals surface area contributed by atoms with Crippen molar-refractivity contribution in [1.29, 1.82) is 0 Å². The number of fused-ring (bicyclic) bond motifs is 1. The minimum atomic E-state index is 0. The Labute approximate surface area is 179 Å². The lowest BCUT2D eigenvalue weighted by molar-refractivity contribution is 0.369. The van der Waals surface area contributed by atoms with Crippen molar-refractivity contribution in [1.82, 2.24) is 19.6 Å². The second-order valence-electron chi connectivity index (χ2n) is 6.19. The van der Waals surface area contributed by atoms with Gasteiger partial charge in [-0.3, -0.25) is 9.39 Å². The molecule has 2 aromatic heterocycles. The average Bonchev–Trinajstić information content (AvgIpc) is 3.25. The molecule has 9 heteroatoms. The largest absolute Gasteiger partial charge is 0.506 e. The van der Waals surface area contributed by atoms with Crippen molar-refractivity contribution in [2.75, 3.05) is 38.1 Å². The molecule has 1 aromatic carbocycles. The zero-order chi connectivity index (χ0) is 17.9. The van der Waals surface area contributed by atoms with Crippen molar-refractivity contribution < 1.29 is 5.11 Å². The van der Waals surface area contributed by atoms with E-state index in [-0.39, 0.29) is 24.0 Å². The van der Waals surface area contributed by atoms with Crippen molar-refractivity contribution in [2.45, 2.75) is 6.54 Å². The molecule has 7 nitrogen and oxygen atoms in total. The van der Waals surface area contributed by atoms with Crippen LogP contribution in [0.25, 0.3) is 4.96 Å². The highest BCUT2D eigenvalue weighted by molar-refractivity contribution is 14.0. The van der Waals surface area contributed by atoms with Gasteiger partial charge in [-0.05, 0) is 12.1 Å². The molecular formula is C18H23IN6OS. The van der Waals surface area contributed by atoms with E-state index in [1.807, 2.05) is 47.4 Å². The molecule has 27 heavy (non-hydrogen) atoms. The predicted molar refractivity (Wildman–Crippen MR) is 121 cm³/mol. The van der Waals surface area contributed by atoms with Crippen LogP contribution in [0.1, 0.15) is 5.69 Å². The summed E-state index contributed by atoms with van der Waals surface area (Å²) in [5.41, 5.74) is 1.90. The molecule has 0 unspecified atom stereocenters. The van der Waals surface area contributed by atoms with Crippen molar-refractivity contribution in [2.24, 2.45) is 4.99 Å². The molecule has 0 aliphatic carbocycles. The van der Waals surface area contributed by atoms with Crippen LogP contribution in [0.5, 0.6) is 5.75 Å². The molecule has 1 fully saturated rings. The summed E-state index contributed by atoms with van der Waals surface area (Å²) in [5.74, 6) is 1.22. The van der Waals surface area contributed by atoms with Gasteiger partial charge in [0, 0.05) is 51.0 Å². The van der Waals surface area contributed by atoms with E-state index >= 15 is 0 Å². The van der Waals surface area contributed by atoms with E-state index in [1.54, 1.807) is 17.4 Å². The summed E-state index contributed by atoms with van der Waals surface area (Å²) < 4.78 is 2.04. The van der Waals surface area contributed by atoms with Gasteiger partial charge >= 0.3 is 0 Å². The molecular weight excluding hydrogens is 475 g/mol. The number of benzene rings is 1. The zero-order valence-corrected chi connectivity index (χ0v) is 18.2. The highest BCUT2D eigenvalue weighted by Crippen LogP contribution is 2.27. The van der Waals surface area contributed by atoms with Crippen LogP contribution < -0.4 is 10.2 Å². The van der Waals surface area contributed by atoms with Gasteiger partial charge in [0.2, 0.25) is 0 Å². The Balaban J connectivity index is 0.00000210. The van der Waals surface area contributed by atoms with Crippen LogP contribution >= 0.6 is 35.3 Å². The summed E-state index contributed by atoms with van der Waals surface area (Å²) in [6, 6.07) is 7.50. The fourth-order valence-corrected chi connectivity index (χ4v) is 3.97. The monoisotopic (exact) mass is 498 g/mol. The van der Waals surface area contributed by atoms with Crippen LogP contribution in [-0.4, -0.2) is 58.6 Å². The second kappa shape index (κ2) is 8.79. The van der Waals surface area contributed by atoms with Crippen molar-refractivity contribution in [3.63, 3.8) is 0 Å². The standard InChI is InChI=1S/C18H22N6OS.HI/c1-19-17(20-12-14-13-24-10-11-26-18(24)21-14)23-8-6-22(7-9-23)15-4-2-3-5-16(15)25;/h2-5,10-11,13,25H,6-9,12H2,1H3,(H,19,20);1H. The lowest BCUT2D eigenvalue weighted by Crippen LogP contribution is -2.52. The molecule has 0 spiro atoms. The first-order valence-corrected chi connectivity index (χ1v) is 9.52. The summed E-state index contributed by atoms with van der Waals surface area (Å²) in [5, 5.41) is 15.5. The van der Waals surface area contributed by atoms with Crippen LogP contribution in [0.2, 0.25) is 0 Å². The minimum Gasteiger partial charge on any atom is -0.506 e. The van der Waals surface area contributed by atoms with Crippen molar-refractivity contribution in [3.05, 3.63) is 47.7 Å². The molecule has 144 valence electrons. The number of phenols is 1. The summed E-state index contributed by atoms with van der Waals surface area (Å²) >= 11 is 1.63. The molecule has 1 aliphatic rings. The highest BCUT2D eigenvalue weighted by atomic mass is 127. The number of nitrogens with zero attached hydrogens (tertiary/aromatic N) is 5. The van der Waals surface area contributed by atoms with Crippen LogP contribution in [-0.2, 0) is 6.54 Å². The molecule has 3 heterocycles. The van der Waals surface area contributed by atoms with Gasteiger partial charge in [0.15, 0.2) is 10.9 Å². The third kappa shape index (κ3) is 4.29. The Hall–Kier alpha value is -2.01. The summed E-state index contributed by atoms with van der Waals surface area (Å²) in [7, 11) is 1.81. The Bertz CT molecular complexity index is 887. The van der Waals surface area contributed by atoms with Gasteiger partial charge in [0.05, 0.1) is 17.9 Å². The molecule has 0 atom stereocenters. The van der Waals surface area contributed by atoms with Crippen LogP contribution in [0.4, 0.5) is 5.69 Å². The number of aromatic hydroxyl groups is 1. The first-order chi connectivity index (χ1) is 12.7. The van der Waals surface area contributed by atoms with E-state index in [1.165, 1.54) is 0 Å². The maximum atomic E-state index is 10.0. The number of halogens is 1. The SMILES string of the molecule is CN=C(NCc1cn2ccsc2n1)N1CCN(c2ccccc2O)CC1.I. The van der Waals surface area contributed by atoms with Gasteiger partial charge < -0.3 is 20.2 Å². The summed E-state index contributed by atoms with van der Waals surface area (Å²) in [4.78, 5) is 14.5. The third-order valence-electron chi connectivity index (χ3n) is 4.58. The number of phenolic OH excluding ortho intramolecular Hbond substituents is 1. The molecule has 0 saturated carbocycles. The predicted octanol–water partition coefficient (Wildman–Crippen LogP) is 2.62. The first kappa shape index (κ1) is 19.7. The molecule has 2 N–H and O–H groups in total. The van der Waals surface area contributed by atoms with Gasteiger partial charge in [-0.25, -0.2) is 4.98 Å². The average molecular weight is 498 g/mol. The number of thiazole rings is 1. The van der Waals surface area contributed by atoms with Gasteiger partial charge in [-0.1, -0.05) is 12.1 Å². The Morgan fingerprint density at radius 2 is 2.04 bits per heavy atom. The maximum Gasteiger partial charge on any atom is 0.194 e.